The molecular weight excluding hydrogens is 124 g/mol. The van der Waals surface area contributed by atoms with E-state index in [9.17, 15) is 0 Å². The summed E-state index contributed by atoms with van der Waals surface area (Å²) in [5, 5.41) is 0. The Kier molecular flexibility index (Phi) is 3.95. The van der Waals surface area contributed by atoms with E-state index in [0.29, 0.717) is 6.10 Å². The molecule has 0 N–H and O–H groups in total. The van der Waals surface area contributed by atoms with Gasteiger partial charge in [0.25, 0.3) is 0 Å². The molecule has 0 bridgehead atoms. The lowest BCUT2D eigenvalue weighted by Crippen LogP contribution is -2.18. The van der Waals surface area contributed by atoms with E-state index in [1.807, 2.05) is 13.8 Å². The second-order valence-electron chi connectivity index (χ2n) is 3.23. The minimum Gasteiger partial charge on any atom is -0.373 e. The number of rotatable bonds is 0. The lowest BCUT2D eigenvalue weighted by molar-refractivity contribution is -0.00669. The van der Waals surface area contributed by atoms with Gasteiger partial charge >= 0.3 is 0 Å². The van der Waals surface area contributed by atoms with Crippen molar-refractivity contribution < 1.29 is 4.74 Å². The van der Waals surface area contributed by atoms with Gasteiger partial charge < -0.3 is 4.74 Å². The van der Waals surface area contributed by atoms with E-state index in [1.165, 1.54) is 12.8 Å². The van der Waals surface area contributed by atoms with Gasteiger partial charge in [-0.05, 0) is 33.6 Å². The highest BCUT2D eigenvalue weighted by Crippen LogP contribution is 2.28. The van der Waals surface area contributed by atoms with Gasteiger partial charge in [-0.2, -0.15) is 0 Å². The largest absolute Gasteiger partial charge is 0.373 e. The van der Waals surface area contributed by atoms with Crippen LogP contribution in [0.25, 0.3) is 0 Å². The van der Waals surface area contributed by atoms with Gasteiger partial charge in [-0.25, -0.2) is 0 Å². The van der Waals surface area contributed by atoms with E-state index < -0.39 is 0 Å². The first-order valence-electron chi connectivity index (χ1n) is 4.28. The fourth-order valence-corrected chi connectivity index (χ4v) is 1.21. The van der Waals surface area contributed by atoms with E-state index in [0.717, 1.165) is 0 Å². The maximum Gasteiger partial charge on any atom is 0.0631 e. The van der Waals surface area contributed by atoms with Gasteiger partial charge in [0.1, 0.15) is 0 Å². The summed E-state index contributed by atoms with van der Waals surface area (Å²) in [4.78, 5) is 0. The van der Waals surface area contributed by atoms with Crippen LogP contribution in [-0.4, -0.2) is 11.7 Å². The normalized spacial score (nSPS) is 29.1. The second kappa shape index (κ2) is 3.97. The molecule has 1 heteroatoms. The lowest BCUT2D eigenvalue weighted by Gasteiger charge is -2.16. The molecule has 0 amide bonds. The molecule has 1 aliphatic heterocycles. The Morgan fingerprint density at radius 3 is 1.90 bits per heavy atom. The van der Waals surface area contributed by atoms with Crippen molar-refractivity contribution in [2.45, 2.75) is 59.2 Å². The number of hydrogen-bond donors (Lipinski definition) is 0. The first-order valence-corrected chi connectivity index (χ1v) is 4.28. The van der Waals surface area contributed by atoms with Gasteiger partial charge in [0, 0.05) is 0 Å². The van der Waals surface area contributed by atoms with Crippen molar-refractivity contribution in [3.8, 4) is 0 Å². The zero-order chi connectivity index (χ0) is 8.20. The molecule has 1 atom stereocenters. The predicted octanol–water partition coefficient (Wildman–Crippen LogP) is 2.99. The number of ether oxygens (including phenoxy) is 1. The molecule has 0 saturated carbocycles. The number of hydrogen-bond acceptors (Lipinski definition) is 1. The average Bonchev–Trinajstić information content (AvgIpc) is 2.15. The minimum atomic E-state index is 0.166. The van der Waals surface area contributed by atoms with Crippen LogP contribution in [0.1, 0.15) is 47.5 Å². The molecule has 0 aromatic carbocycles. The maximum absolute atomic E-state index is 5.55. The molecule has 1 fully saturated rings. The molecule has 0 unspecified atom stereocenters. The molecule has 0 aliphatic carbocycles. The van der Waals surface area contributed by atoms with Crippen LogP contribution in [0.3, 0.4) is 0 Å². The Bertz CT molecular complexity index is 86.7. The smallest absolute Gasteiger partial charge is 0.0631 e. The van der Waals surface area contributed by atoms with Crippen LogP contribution in [0.2, 0.25) is 0 Å². The van der Waals surface area contributed by atoms with Gasteiger partial charge in [-0.15, -0.1) is 0 Å². The van der Waals surface area contributed by atoms with Crippen molar-refractivity contribution in [3.05, 3.63) is 0 Å². The van der Waals surface area contributed by atoms with Crippen LogP contribution in [0.4, 0.5) is 0 Å². The molecule has 0 radical (unpaired) electrons. The summed E-state index contributed by atoms with van der Waals surface area (Å²) >= 11 is 0. The third kappa shape index (κ3) is 3.21. The summed E-state index contributed by atoms with van der Waals surface area (Å²) in [6.45, 7) is 10.4. The second-order valence-corrected chi connectivity index (χ2v) is 3.23. The Balaban J connectivity index is 0.000000371. The molecule has 1 rings (SSSR count). The summed E-state index contributed by atoms with van der Waals surface area (Å²) in [7, 11) is 0. The Morgan fingerprint density at radius 1 is 1.30 bits per heavy atom. The summed E-state index contributed by atoms with van der Waals surface area (Å²) < 4.78 is 5.55. The van der Waals surface area contributed by atoms with Crippen molar-refractivity contribution in [1.29, 1.82) is 0 Å². The Morgan fingerprint density at radius 2 is 1.80 bits per heavy atom. The molecule has 62 valence electrons. The zero-order valence-corrected chi connectivity index (χ0v) is 7.90. The van der Waals surface area contributed by atoms with Crippen LogP contribution in [-0.2, 0) is 4.74 Å². The highest BCUT2D eigenvalue weighted by Gasteiger charge is 2.28. The summed E-state index contributed by atoms with van der Waals surface area (Å²) in [6, 6.07) is 0. The standard InChI is InChI=1S/C7H14O.C2H6/c1-6-4-5-7(2,3)8-6;1-2/h6H,4-5H2,1-3H3;1-2H3/t6-;/m0./s1. The minimum absolute atomic E-state index is 0.166. The van der Waals surface area contributed by atoms with Crippen molar-refractivity contribution in [2.75, 3.05) is 0 Å². The monoisotopic (exact) mass is 144 g/mol. The highest BCUT2D eigenvalue weighted by molar-refractivity contribution is 4.77. The van der Waals surface area contributed by atoms with Gasteiger partial charge in [0.15, 0.2) is 0 Å². The Labute approximate surface area is 64.8 Å². The Hall–Kier alpha value is -0.0400. The highest BCUT2D eigenvalue weighted by atomic mass is 16.5. The summed E-state index contributed by atoms with van der Waals surface area (Å²) in [5.41, 5.74) is 0.166. The van der Waals surface area contributed by atoms with Crippen molar-refractivity contribution in [2.24, 2.45) is 0 Å². The van der Waals surface area contributed by atoms with Crippen LogP contribution >= 0.6 is 0 Å². The molecule has 1 heterocycles. The SMILES string of the molecule is CC.C[C@H]1CCC(C)(C)O1. The van der Waals surface area contributed by atoms with Gasteiger partial charge in [0.2, 0.25) is 0 Å². The molecule has 0 spiro atoms. The van der Waals surface area contributed by atoms with E-state index in [1.54, 1.807) is 0 Å². The quantitative estimate of drug-likeness (QED) is 0.508. The van der Waals surface area contributed by atoms with E-state index >= 15 is 0 Å². The fourth-order valence-electron chi connectivity index (χ4n) is 1.21. The molecular formula is C9H20O. The van der Waals surface area contributed by atoms with Gasteiger partial charge in [-0.3, -0.25) is 0 Å². The molecule has 1 aliphatic rings. The van der Waals surface area contributed by atoms with Crippen molar-refractivity contribution in [1.82, 2.24) is 0 Å². The lowest BCUT2D eigenvalue weighted by atomic mass is 10.1. The van der Waals surface area contributed by atoms with E-state index in [2.05, 4.69) is 20.8 Å². The first kappa shape index (κ1) is 9.96. The molecule has 0 aromatic heterocycles. The van der Waals surface area contributed by atoms with E-state index in [4.69, 9.17) is 4.74 Å². The van der Waals surface area contributed by atoms with E-state index in [-0.39, 0.29) is 5.60 Å². The van der Waals surface area contributed by atoms with Crippen molar-refractivity contribution >= 4 is 0 Å². The summed E-state index contributed by atoms with van der Waals surface area (Å²) in [5.74, 6) is 0. The summed E-state index contributed by atoms with van der Waals surface area (Å²) in [6.07, 6.45) is 2.94. The molecule has 10 heavy (non-hydrogen) atoms. The van der Waals surface area contributed by atoms with Gasteiger partial charge in [0.05, 0.1) is 11.7 Å². The van der Waals surface area contributed by atoms with Crippen LogP contribution in [0, 0.1) is 0 Å². The maximum atomic E-state index is 5.55. The van der Waals surface area contributed by atoms with Crippen LogP contribution in [0.5, 0.6) is 0 Å². The molecule has 0 aromatic rings. The van der Waals surface area contributed by atoms with Crippen LogP contribution in [0.15, 0.2) is 0 Å². The van der Waals surface area contributed by atoms with Crippen molar-refractivity contribution in [3.63, 3.8) is 0 Å². The van der Waals surface area contributed by atoms with Gasteiger partial charge in [-0.1, -0.05) is 13.8 Å². The topological polar surface area (TPSA) is 9.23 Å². The first-order chi connectivity index (χ1) is 4.60. The zero-order valence-electron chi connectivity index (χ0n) is 7.90. The third-order valence-electron chi connectivity index (χ3n) is 1.67. The molecule has 1 saturated heterocycles. The predicted molar refractivity (Wildman–Crippen MR) is 45.2 cm³/mol. The third-order valence-corrected chi connectivity index (χ3v) is 1.67. The molecule has 1 nitrogen and oxygen atoms in total. The fraction of sp³-hybridized carbons (Fsp3) is 1.00. The van der Waals surface area contributed by atoms with Crippen LogP contribution < -0.4 is 0 Å². The average molecular weight is 144 g/mol.